The van der Waals surface area contributed by atoms with Crippen molar-refractivity contribution in [2.75, 3.05) is 0 Å². The monoisotopic (exact) mass is 503 g/mol. The van der Waals surface area contributed by atoms with Crippen LogP contribution in [-0.4, -0.2) is 0 Å². The fraction of sp³-hybridized carbons (Fsp3) is 0.0400. The second-order valence-corrected chi connectivity index (χ2v) is 28.1. The second kappa shape index (κ2) is 6.81. The summed E-state index contributed by atoms with van der Waals surface area (Å²) in [5.41, 5.74) is 0. The van der Waals surface area contributed by atoms with E-state index in [1.54, 1.807) is 0 Å². The SMILES string of the molecule is [CH3][Hf]([c]1ccccc1)([c]1ccccc1)([c]1ccccc1)[c]1ccccc1. The first-order valence-electron chi connectivity index (χ1n) is 9.14. The van der Waals surface area contributed by atoms with Crippen LogP contribution in [-0.2, 0) is 18.5 Å². The van der Waals surface area contributed by atoms with E-state index in [-0.39, 0.29) is 0 Å². The summed E-state index contributed by atoms with van der Waals surface area (Å²) in [7, 11) is 0. The molecule has 0 radical (unpaired) electrons. The molecule has 0 nitrogen and oxygen atoms in total. The average molecular weight is 502 g/mol. The third-order valence-corrected chi connectivity index (χ3v) is 31.5. The standard InChI is InChI=1S/4C6H5.CH3.Hf/c4*1-2-4-6-5-3-1;;/h4*1-5H;1H3;. The van der Waals surface area contributed by atoms with Gasteiger partial charge in [0.05, 0.1) is 0 Å². The van der Waals surface area contributed by atoms with Gasteiger partial charge in [0, 0.05) is 0 Å². The van der Waals surface area contributed by atoms with E-state index in [0.29, 0.717) is 0 Å². The van der Waals surface area contributed by atoms with Crippen molar-refractivity contribution in [1.29, 1.82) is 0 Å². The zero-order valence-corrected chi connectivity index (χ0v) is 18.6. The van der Waals surface area contributed by atoms with Crippen molar-refractivity contribution in [3.8, 4) is 0 Å². The van der Waals surface area contributed by atoms with Crippen molar-refractivity contribution >= 4 is 13.3 Å². The van der Waals surface area contributed by atoms with E-state index in [4.69, 9.17) is 0 Å². The summed E-state index contributed by atoms with van der Waals surface area (Å²) < 4.78 is 8.49. The van der Waals surface area contributed by atoms with Crippen LogP contribution in [0.5, 0.6) is 0 Å². The Morgan fingerprint density at radius 2 is 0.538 bits per heavy atom. The van der Waals surface area contributed by atoms with Gasteiger partial charge < -0.3 is 0 Å². The van der Waals surface area contributed by atoms with Crippen LogP contribution in [0.2, 0.25) is 4.68 Å². The Morgan fingerprint density at radius 3 is 0.731 bits per heavy atom. The molecule has 0 N–H and O–H groups in total. The molecule has 0 atom stereocenters. The Morgan fingerprint density at radius 1 is 0.346 bits per heavy atom. The molecule has 127 valence electrons. The fourth-order valence-electron chi connectivity index (χ4n) is 4.42. The van der Waals surface area contributed by atoms with Gasteiger partial charge in [-0.3, -0.25) is 0 Å². The molecule has 0 aliphatic carbocycles. The van der Waals surface area contributed by atoms with E-state index in [2.05, 4.69) is 126 Å². The van der Waals surface area contributed by atoms with Gasteiger partial charge >= 0.3 is 158 Å². The van der Waals surface area contributed by atoms with E-state index < -0.39 is 18.5 Å². The van der Waals surface area contributed by atoms with Crippen molar-refractivity contribution < 1.29 is 18.5 Å². The van der Waals surface area contributed by atoms with Crippen LogP contribution in [0.1, 0.15) is 0 Å². The zero-order chi connectivity index (χ0) is 17.9. The molecule has 0 aliphatic rings. The van der Waals surface area contributed by atoms with Crippen LogP contribution in [0.3, 0.4) is 0 Å². The Hall–Kier alpha value is -2.25. The van der Waals surface area contributed by atoms with Gasteiger partial charge in [-0.15, -0.1) is 0 Å². The van der Waals surface area contributed by atoms with Gasteiger partial charge in [-0.05, 0) is 0 Å². The molecule has 26 heavy (non-hydrogen) atoms. The van der Waals surface area contributed by atoms with Gasteiger partial charge in [-0.1, -0.05) is 0 Å². The molecule has 1 heteroatoms. The number of rotatable bonds is 4. The predicted molar refractivity (Wildman–Crippen MR) is 110 cm³/mol. The summed E-state index contributed by atoms with van der Waals surface area (Å²) in [4.78, 5) is 0. The first-order valence-corrected chi connectivity index (χ1v) is 19.9. The molecular weight excluding hydrogens is 479 g/mol. The molecule has 4 rings (SSSR count). The van der Waals surface area contributed by atoms with Crippen LogP contribution in [0, 0.1) is 0 Å². The van der Waals surface area contributed by atoms with Crippen LogP contribution in [0.4, 0.5) is 0 Å². The van der Waals surface area contributed by atoms with Crippen molar-refractivity contribution in [1.82, 2.24) is 0 Å². The van der Waals surface area contributed by atoms with E-state index in [1.807, 2.05) is 0 Å². The summed E-state index contributed by atoms with van der Waals surface area (Å²) in [5, 5.41) is 0. The van der Waals surface area contributed by atoms with Gasteiger partial charge in [0.25, 0.3) is 0 Å². The van der Waals surface area contributed by atoms with Crippen LogP contribution < -0.4 is 13.3 Å². The molecular formula is C25H23Hf. The number of benzene rings is 4. The molecule has 0 saturated carbocycles. The maximum atomic E-state index is 2.58. The minimum absolute atomic E-state index is 1.48. The third kappa shape index (κ3) is 2.46. The maximum absolute atomic E-state index is 4.17. The summed E-state index contributed by atoms with van der Waals surface area (Å²) in [5.74, 6) is 0. The summed E-state index contributed by atoms with van der Waals surface area (Å²) in [6, 6.07) is 44.6. The molecule has 0 bridgehead atoms. The van der Waals surface area contributed by atoms with Crippen LogP contribution in [0.25, 0.3) is 0 Å². The normalized spacial score (nSPS) is 12.9. The third-order valence-electron chi connectivity index (χ3n) is 5.98. The Bertz CT molecular complexity index is 808. The molecule has 4 aromatic carbocycles. The Balaban J connectivity index is 2.23. The quantitative estimate of drug-likeness (QED) is 0.371. The van der Waals surface area contributed by atoms with Crippen LogP contribution >= 0.6 is 0 Å². The van der Waals surface area contributed by atoms with E-state index in [0.717, 1.165) is 0 Å². The topological polar surface area (TPSA) is 0 Å². The van der Waals surface area contributed by atoms with Gasteiger partial charge in [-0.2, -0.15) is 0 Å². The van der Waals surface area contributed by atoms with E-state index in [1.165, 1.54) is 13.3 Å². The zero-order valence-electron chi connectivity index (χ0n) is 15.0. The van der Waals surface area contributed by atoms with Crippen molar-refractivity contribution in [3.05, 3.63) is 121 Å². The predicted octanol–water partition coefficient (Wildman–Crippen LogP) is 4.03. The summed E-state index contributed by atoms with van der Waals surface area (Å²) >= 11 is -4.17. The molecule has 0 heterocycles. The fourth-order valence-corrected chi connectivity index (χ4v) is 26.3. The molecule has 0 spiro atoms. The molecule has 4 aromatic rings. The van der Waals surface area contributed by atoms with Gasteiger partial charge in [0.15, 0.2) is 0 Å². The van der Waals surface area contributed by atoms with E-state index >= 15 is 0 Å². The first-order chi connectivity index (χ1) is 12.7. The molecule has 0 unspecified atom stereocenters. The molecule has 0 aliphatic heterocycles. The van der Waals surface area contributed by atoms with E-state index in [9.17, 15) is 0 Å². The molecule has 0 aromatic heterocycles. The van der Waals surface area contributed by atoms with Gasteiger partial charge in [-0.25, -0.2) is 0 Å². The number of hydrogen-bond donors (Lipinski definition) is 0. The summed E-state index contributed by atoms with van der Waals surface area (Å²) in [6.45, 7) is 0. The second-order valence-electron chi connectivity index (χ2n) is 7.21. The van der Waals surface area contributed by atoms with Gasteiger partial charge in [0.2, 0.25) is 0 Å². The van der Waals surface area contributed by atoms with Crippen molar-refractivity contribution in [3.63, 3.8) is 0 Å². The molecule has 0 fully saturated rings. The Kier molecular flexibility index (Phi) is 4.50. The first kappa shape index (κ1) is 17.2. The average Bonchev–Trinajstić information content (AvgIpc) is 2.76. The van der Waals surface area contributed by atoms with Gasteiger partial charge in [0.1, 0.15) is 0 Å². The van der Waals surface area contributed by atoms with Crippen molar-refractivity contribution in [2.24, 2.45) is 0 Å². The molecule has 0 amide bonds. The molecule has 0 saturated heterocycles. The number of hydrogen-bond acceptors (Lipinski definition) is 0. The van der Waals surface area contributed by atoms with Crippen molar-refractivity contribution in [2.45, 2.75) is 4.68 Å². The van der Waals surface area contributed by atoms with Crippen LogP contribution in [0.15, 0.2) is 121 Å². The summed E-state index contributed by atoms with van der Waals surface area (Å²) in [6.07, 6.45) is 0. The Labute approximate surface area is 157 Å². The minimum atomic E-state index is -4.17.